The number of aryl methyl sites for hydroxylation is 1. The number of halogens is 1. The molecule has 0 spiro atoms. The number of pyridine rings is 3. The largest absolute Gasteiger partial charge is 0.490 e. The number of aromatic nitrogens is 5. The molecule has 4 aromatic heterocycles. The van der Waals surface area contributed by atoms with Crippen molar-refractivity contribution in [1.82, 2.24) is 29.7 Å². The second kappa shape index (κ2) is 10.1. The molecule has 0 aromatic carbocycles. The van der Waals surface area contributed by atoms with Crippen molar-refractivity contribution in [1.29, 1.82) is 0 Å². The van der Waals surface area contributed by atoms with Crippen LogP contribution in [0.2, 0.25) is 0 Å². The first-order chi connectivity index (χ1) is 16.4. The average molecular weight is 467 g/mol. The van der Waals surface area contributed by atoms with Crippen LogP contribution >= 0.6 is 0 Å². The maximum absolute atomic E-state index is 14.4. The van der Waals surface area contributed by atoms with Crippen LogP contribution in [0.3, 0.4) is 0 Å². The fraction of sp³-hybridized carbons (Fsp3) is 0.227. The van der Waals surface area contributed by atoms with Gasteiger partial charge in [-0.3, -0.25) is 30.1 Å². The van der Waals surface area contributed by atoms with Crippen LogP contribution in [0.5, 0.6) is 5.75 Å². The lowest BCUT2D eigenvalue weighted by Gasteiger charge is -2.11. The molecule has 4 rings (SSSR count). The average Bonchev–Trinajstić information content (AvgIpc) is 3.27. The smallest absolute Gasteiger partial charge is 0.260 e. The highest BCUT2D eigenvalue weighted by Gasteiger charge is 2.12. The highest BCUT2D eigenvalue weighted by Crippen LogP contribution is 2.21. The van der Waals surface area contributed by atoms with Gasteiger partial charge in [-0.05, 0) is 18.2 Å². The van der Waals surface area contributed by atoms with Crippen molar-refractivity contribution in [2.45, 2.75) is 6.54 Å². The maximum Gasteiger partial charge on any atom is 0.260 e. The molecule has 2 N–H and O–H groups in total. The van der Waals surface area contributed by atoms with Crippen LogP contribution < -0.4 is 21.1 Å². The standard InChI is InChI=1S/C22H22FN7O4/c1-29-12-15(10-26-29)14-7-18(23)21(25-9-14)28-27-20(31)13-30-4-3-19-17(22(30)32)8-16(11-24-19)34-6-5-33-2/h3-4,7-12H,5-6,13H2,1-2H3,(H,25,28)(H,27,31). The van der Waals surface area contributed by atoms with E-state index in [-0.39, 0.29) is 12.4 Å². The van der Waals surface area contributed by atoms with Crippen LogP contribution in [-0.4, -0.2) is 50.5 Å². The summed E-state index contributed by atoms with van der Waals surface area (Å²) < 4.78 is 27.7. The second-order valence-corrected chi connectivity index (χ2v) is 7.32. The molecule has 0 radical (unpaired) electrons. The van der Waals surface area contributed by atoms with E-state index < -0.39 is 17.3 Å². The minimum absolute atomic E-state index is 0.158. The van der Waals surface area contributed by atoms with Crippen LogP contribution in [-0.2, 0) is 23.1 Å². The summed E-state index contributed by atoms with van der Waals surface area (Å²) in [5, 5.41) is 4.34. The van der Waals surface area contributed by atoms with E-state index in [2.05, 4.69) is 25.9 Å². The summed E-state index contributed by atoms with van der Waals surface area (Å²) >= 11 is 0. The van der Waals surface area contributed by atoms with E-state index in [1.54, 1.807) is 43.4 Å². The van der Waals surface area contributed by atoms with E-state index in [4.69, 9.17) is 9.47 Å². The van der Waals surface area contributed by atoms with E-state index in [1.165, 1.54) is 29.2 Å². The Morgan fingerprint density at radius 3 is 2.74 bits per heavy atom. The number of nitrogens with one attached hydrogen (secondary N) is 2. The zero-order chi connectivity index (χ0) is 24.1. The molecular formula is C22H22FN7O4. The molecule has 0 aliphatic carbocycles. The van der Waals surface area contributed by atoms with Crippen molar-refractivity contribution in [3.8, 4) is 16.9 Å². The second-order valence-electron chi connectivity index (χ2n) is 7.32. The number of amides is 1. The molecule has 4 aromatic rings. The van der Waals surface area contributed by atoms with E-state index >= 15 is 0 Å². The number of hydrogen-bond donors (Lipinski definition) is 2. The third-order valence-corrected chi connectivity index (χ3v) is 4.87. The molecule has 0 atom stereocenters. The highest BCUT2D eigenvalue weighted by molar-refractivity contribution is 5.80. The van der Waals surface area contributed by atoms with Gasteiger partial charge >= 0.3 is 0 Å². The topological polar surface area (TPSA) is 125 Å². The van der Waals surface area contributed by atoms with Gasteiger partial charge in [-0.25, -0.2) is 9.37 Å². The van der Waals surface area contributed by atoms with Gasteiger partial charge in [0.25, 0.3) is 11.5 Å². The summed E-state index contributed by atoms with van der Waals surface area (Å²) in [5.74, 6) is -0.966. The van der Waals surface area contributed by atoms with Gasteiger partial charge in [0.05, 0.1) is 29.9 Å². The predicted molar refractivity (Wildman–Crippen MR) is 122 cm³/mol. The molecule has 0 saturated carbocycles. The summed E-state index contributed by atoms with van der Waals surface area (Å²) in [7, 11) is 3.31. The Kier molecular flexibility index (Phi) is 6.78. The summed E-state index contributed by atoms with van der Waals surface area (Å²) in [5.41, 5.74) is 6.11. The molecular weight excluding hydrogens is 445 g/mol. The zero-order valence-electron chi connectivity index (χ0n) is 18.5. The number of ether oxygens (including phenoxy) is 2. The van der Waals surface area contributed by atoms with Crippen molar-refractivity contribution in [2.75, 3.05) is 25.7 Å². The van der Waals surface area contributed by atoms with E-state index in [0.29, 0.717) is 41.0 Å². The molecule has 12 heteroatoms. The SMILES string of the molecule is COCCOc1cnc2ccn(CC(=O)NNc3ncc(-c4cnn(C)c4)cc3F)c(=O)c2c1. The minimum atomic E-state index is -0.656. The van der Waals surface area contributed by atoms with Crippen molar-refractivity contribution in [2.24, 2.45) is 7.05 Å². The molecule has 0 saturated heterocycles. The summed E-state index contributed by atoms with van der Waals surface area (Å²) in [6, 6.07) is 4.47. The molecule has 11 nitrogen and oxygen atoms in total. The Morgan fingerprint density at radius 2 is 2.00 bits per heavy atom. The number of methoxy groups -OCH3 is 1. The fourth-order valence-electron chi connectivity index (χ4n) is 3.17. The van der Waals surface area contributed by atoms with Gasteiger partial charge in [-0.1, -0.05) is 0 Å². The van der Waals surface area contributed by atoms with Gasteiger partial charge in [0.1, 0.15) is 18.9 Å². The summed E-state index contributed by atoms with van der Waals surface area (Å²) in [6.07, 6.45) is 7.76. The monoisotopic (exact) mass is 467 g/mol. The minimum Gasteiger partial charge on any atom is -0.490 e. The Morgan fingerprint density at radius 1 is 1.15 bits per heavy atom. The Balaban J connectivity index is 1.42. The van der Waals surface area contributed by atoms with Gasteiger partial charge in [0.2, 0.25) is 0 Å². The van der Waals surface area contributed by atoms with E-state index in [1.807, 2.05) is 0 Å². The third kappa shape index (κ3) is 5.18. The van der Waals surface area contributed by atoms with Crippen LogP contribution in [0.25, 0.3) is 22.0 Å². The first-order valence-corrected chi connectivity index (χ1v) is 10.2. The number of hydrogen-bond acceptors (Lipinski definition) is 8. The Bertz CT molecular complexity index is 1390. The Labute approximate surface area is 193 Å². The molecule has 176 valence electrons. The number of rotatable bonds is 9. The van der Waals surface area contributed by atoms with Crippen LogP contribution in [0.1, 0.15) is 0 Å². The van der Waals surface area contributed by atoms with E-state index in [9.17, 15) is 14.0 Å². The molecule has 0 fully saturated rings. The third-order valence-electron chi connectivity index (χ3n) is 4.87. The summed E-state index contributed by atoms with van der Waals surface area (Å²) in [6.45, 7) is 0.407. The van der Waals surface area contributed by atoms with Gasteiger partial charge in [0.15, 0.2) is 11.6 Å². The van der Waals surface area contributed by atoms with E-state index in [0.717, 1.165) is 0 Å². The van der Waals surface area contributed by atoms with Gasteiger partial charge in [-0.15, -0.1) is 0 Å². The number of fused-ring (bicyclic) bond motifs is 1. The van der Waals surface area contributed by atoms with Crippen molar-refractivity contribution in [3.05, 3.63) is 65.4 Å². The van der Waals surface area contributed by atoms with Crippen LogP contribution in [0.4, 0.5) is 10.2 Å². The van der Waals surface area contributed by atoms with Crippen molar-refractivity contribution >= 4 is 22.6 Å². The van der Waals surface area contributed by atoms with Gasteiger partial charge < -0.3 is 14.0 Å². The maximum atomic E-state index is 14.4. The van der Waals surface area contributed by atoms with Gasteiger partial charge in [0, 0.05) is 43.9 Å². The van der Waals surface area contributed by atoms with Crippen LogP contribution in [0, 0.1) is 5.82 Å². The lowest BCUT2D eigenvalue weighted by Crippen LogP contribution is -2.36. The van der Waals surface area contributed by atoms with Gasteiger partial charge in [-0.2, -0.15) is 5.10 Å². The molecule has 0 aliphatic heterocycles. The molecule has 1 amide bonds. The normalized spacial score (nSPS) is 10.9. The molecule has 0 bridgehead atoms. The predicted octanol–water partition coefficient (Wildman–Crippen LogP) is 1.50. The first kappa shape index (κ1) is 22.9. The number of anilines is 1. The Hall–Kier alpha value is -4.32. The first-order valence-electron chi connectivity index (χ1n) is 10.2. The van der Waals surface area contributed by atoms with Crippen molar-refractivity contribution < 1.29 is 18.7 Å². The van der Waals surface area contributed by atoms with Crippen LogP contribution in [0.15, 0.2) is 54.0 Å². The lowest BCUT2D eigenvalue weighted by atomic mass is 10.1. The molecule has 4 heterocycles. The summed E-state index contributed by atoms with van der Waals surface area (Å²) in [4.78, 5) is 33.4. The number of hydrazine groups is 1. The number of carbonyl (C=O) groups excluding carboxylic acids is 1. The number of nitrogens with zero attached hydrogens (tertiary/aromatic N) is 5. The molecule has 0 aliphatic rings. The molecule has 34 heavy (non-hydrogen) atoms. The van der Waals surface area contributed by atoms with Crippen molar-refractivity contribution in [3.63, 3.8) is 0 Å². The molecule has 0 unspecified atom stereocenters. The number of carbonyl (C=O) groups is 1. The highest BCUT2D eigenvalue weighted by atomic mass is 19.1. The fourth-order valence-corrected chi connectivity index (χ4v) is 3.17. The zero-order valence-corrected chi connectivity index (χ0v) is 18.5. The quantitative estimate of drug-likeness (QED) is 0.280. The lowest BCUT2D eigenvalue weighted by molar-refractivity contribution is -0.121.